The molecule has 0 aromatic carbocycles. The van der Waals surface area contributed by atoms with Crippen molar-refractivity contribution in [3.63, 3.8) is 0 Å². The average Bonchev–Trinajstić information content (AvgIpc) is 3.40. The van der Waals surface area contributed by atoms with Gasteiger partial charge in [0.25, 0.3) is 0 Å². The number of nitrogens with one attached hydrogen (secondary N) is 1. The van der Waals surface area contributed by atoms with E-state index in [2.05, 4.69) is 11.6 Å². The second kappa shape index (κ2) is 6.72. The predicted molar refractivity (Wildman–Crippen MR) is 95.2 cm³/mol. The van der Waals surface area contributed by atoms with E-state index in [0.29, 0.717) is 12.0 Å². The third-order valence-corrected chi connectivity index (χ3v) is 6.16. The summed E-state index contributed by atoms with van der Waals surface area (Å²) in [5.74, 6) is -0.829. The molecule has 142 valence electrons. The Morgan fingerprint density at radius 1 is 1.22 bits per heavy atom. The van der Waals surface area contributed by atoms with Gasteiger partial charge in [0, 0.05) is 36.6 Å². The lowest BCUT2D eigenvalue weighted by atomic mass is 9.78. The van der Waals surface area contributed by atoms with Crippen LogP contribution < -0.4 is 5.73 Å². The van der Waals surface area contributed by atoms with E-state index in [1.54, 1.807) is 18.5 Å². The first kappa shape index (κ1) is 17.6. The summed E-state index contributed by atoms with van der Waals surface area (Å²) < 4.78 is 11.4. The first-order valence-corrected chi connectivity index (χ1v) is 9.16. The Kier molecular flexibility index (Phi) is 4.37. The molecule has 0 aliphatic heterocycles. The monoisotopic (exact) mass is 370 g/mol. The van der Waals surface area contributed by atoms with Gasteiger partial charge in [0.15, 0.2) is 0 Å². The van der Waals surface area contributed by atoms with Crippen LogP contribution in [-0.2, 0) is 19.1 Å². The quantitative estimate of drug-likeness (QED) is 0.464. The van der Waals surface area contributed by atoms with Crippen molar-refractivity contribution in [3.8, 4) is 0 Å². The number of carbonyl (C=O) groups excluding carboxylic acids is 3. The van der Waals surface area contributed by atoms with Gasteiger partial charge in [-0.2, -0.15) is 0 Å². The summed E-state index contributed by atoms with van der Waals surface area (Å²) in [4.78, 5) is 40.0. The second-order valence-corrected chi connectivity index (χ2v) is 7.48. The molecular weight excluding hydrogens is 348 g/mol. The van der Waals surface area contributed by atoms with E-state index in [1.165, 1.54) is 12.3 Å². The first-order valence-electron chi connectivity index (χ1n) is 9.16. The number of fused-ring (bicyclic) bond motifs is 5. The Hall–Kier alpha value is -2.83. The van der Waals surface area contributed by atoms with Crippen LogP contribution in [0, 0.1) is 23.7 Å². The number of nitrogens with two attached hydrogens (primary N) is 1. The topological polar surface area (TPSA) is 111 Å². The molecule has 6 unspecified atom stereocenters. The van der Waals surface area contributed by atoms with Crippen LogP contribution in [-0.4, -0.2) is 34.9 Å². The molecule has 7 heteroatoms. The van der Waals surface area contributed by atoms with E-state index in [1.807, 2.05) is 0 Å². The van der Waals surface area contributed by atoms with Crippen LogP contribution in [0.15, 0.2) is 42.9 Å². The van der Waals surface area contributed by atoms with Gasteiger partial charge in [-0.15, -0.1) is 0 Å². The van der Waals surface area contributed by atoms with Crippen molar-refractivity contribution < 1.29 is 23.9 Å². The van der Waals surface area contributed by atoms with E-state index in [9.17, 15) is 14.4 Å². The number of Topliss-reactive ketones (excluding diaryl/α,β-unsaturated/α-hetero) is 1. The van der Waals surface area contributed by atoms with Crippen LogP contribution in [0.25, 0.3) is 0 Å². The van der Waals surface area contributed by atoms with E-state index >= 15 is 0 Å². The molecule has 3 N–H and O–H groups in total. The van der Waals surface area contributed by atoms with Crippen molar-refractivity contribution in [2.45, 2.75) is 31.5 Å². The van der Waals surface area contributed by atoms with Gasteiger partial charge in [-0.3, -0.25) is 4.79 Å². The number of hydrogen-bond acceptors (Lipinski definition) is 6. The van der Waals surface area contributed by atoms with Crippen molar-refractivity contribution in [1.29, 1.82) is 0 Å². The fraction of sp³-hybridized carbons (Fsp3) is 0.450. The highest BCUT2D eigenvalue weighted by Crippen LogP contribution is 2.59. The molecule has 3 fully saturated rings. The molecule has 0 spiro atoms. The molecular formula is C20H22N2O5. The zero-order chi connectivity index (χ0) is 19.1. The van der Waals surface area contributed by atoms with Crippen LogP contribution in [0.3, 0.4) is 0 Å². The minimum atomic E-state index is -0.642. The van der Waals surface area contributed by atoms with Crippen molar-refractivity contribution >= 4 is 17.7 Å². The lowest BCUT2D eigenvalue weighted by Gasteiger charge is -2.36. The van der Waals surface area contributed by atoms with Crippen molar-refractivity contribution in [2.24, 2.45) is 29.4 Å². The molecule has 0 amide bonds. The Morgan fingerprint density at radius 2 is 2.00 bits per heavy atom. The van der Waals surface area contributed by atoms with Crippen LogP contribution in [0.4, 0.5) is 0 Å². The average molecular weight is 370 g/mol. The number of esters is 2. The van der Waals surface area contributed by atoms with Crippen molar-refractivity contribution in [3.05, 3.63) is 48.5 Å². The highest BCUT2D eigenvalue weighted by Gasteiger charge is 2.64. The molecule has 1 heterocycles. The summed E-state index contributed by atoms with van der Waals surface area (Å²) in [5.41, 5.74) is 5.84. The van der Waals surface area contributed by atoms with Gasteiger partial charge >= 0.3 is 11.9 Å². The fourth-order valence-electron chi connectivity index (χ4n) is 5.10. The zero-order valence-corrected chi connectivity index (χ0v) is 14.8. The van der Waals surface area contributed by atoms with E-state index in [0.717, 1.165) is 12.8 Å². The standard InChI is InChI=1S/C20H22N2O5/c1-10(4-6-21)19(24)26-18-14-8-13(12-2-3-15(23)16(12)14)17(18)27-20(25)11-5-7-22-9-11/h4-7,9,12-14,16-18,22H,1-3,8,21H2/b6-4-. The molecule has 27 heavy (non-hydrogen) atoms. The molecule has 3 aliphatic rings. The number of aromatic amines is 1. The van der Waals surface area contributed by atoms with Crippen LogP contribution >= 0.6 is 0 Å². The Labute approximate surface area is 156 Å². The van der Waals surface area contributed by atoms with Gasteiger partial charge in [0.1, 0.15) is 18.0 Å². The Morgan fingerprint density at radius 3 is 2.70 bits per heavy atom. The lowest BCUT2D eigenvalue weighted by molar-refractivity contribution is -0.159. The maximum Gasteiger partial charge on any atom is 0.340 e. The van der Waals surface area contributed by atoms with E-state index in [-0.39, 0.29) is 35.0 Å². The fourth-order valence-corrected chi connectivity index (χ4v) is 5.10. The van der Waals surface area contributed by atoms with E-state index < -0.39 is 24.1 Å². The predicted octanol–water partition coefficient (Wildman–Crippen LogP) is 1.73. The summed E-state index contributed by atoms with van der Waals surface area (Å²) in [6, 6.07) is 1.63. The summed E-state index contributed by atoms with van der Waals surface area (Å²) in [7, 11) is 0. The Bertz CT molecular complexity index is 812. The SMILES string of the molecule is C=C(/C=C\N)C(=O)OC1C2CC(C3CCC(=O)C32)C1OC(=O)c1cc[nH]c1. The number of rotatable bonds is 5. The number of aromatic nitrogens is 1. The Balaban J connectivity index is 1.57. The highest BCUT2D eigenvalue weighted by molar-refractivity contribution is 5.91. The zero-order valence-electron chi connectivity index (χ0n) is 14.8. The number of ketones is 1. The van der Waals surface area contributed by atoms with Crippen LogP contribution in [0.2, 0.25) is 0 Å². The van der Waals surface area contributed by atoms with Gasteiger partial charge in [0.2, 0.25) is 0 Å². The minimum absolute atomic E-state index is 0.0328. The third kappa shape index (κ3) is 2.87. The maximum absolute atomic E-state index is 12.5. The van der Waals surface area contributed by atoms with Gasteiger partial charge in [-0.1, -0.05) is 6.58 Å². The van der Waals surface area contributed by atoms with Crippen LogP contribution in [0.5, 0.6) is 0 Å². The largest absolute Gasteiger partial charge is 0.455 e. The minimum Gasteiger partial charge on any atom is -0.455 e. The molecule has 6 atom stereocenters. The smallest absolute Gasteiger partial charge is 0.340 e. The van der Waals surface area contributed by atoms with E-state index in [4.69, 9.17) is 15.2 Å². The molecule has 4 rings (SSSR count). The van der Waals surface area contributed by atoms with Gasteiger partial charge in [-0.05, 0) is 37.1 Å². The molecule has 2 bridgehead atoms. The third-order valence-electron chi connectivity index (χ3n) is 6.16. The van der Waals surface area contributed by atoms with Gasteiger partial charge in [0.05, 0.1) is 11.1 Å². The van der Waals surface area contributed by atoms with Crippen molar-refractivity contribution in [1.82, 2.24) is 4.98 Å². The molecule has 1 aromatic rings. The molecule has 3 saturated carbocycles. The number of H-pyrrole nitrogens is 1. The number of hydrogen-bond donors (Lipinski definition) is 2. The summed E-state index contributed by atoms with van der Waals surface area (Å²) in [5, 5.41) is 0. The lowest BCUT2D eigenvalue weighted by Crippen LogP contribution is -2.46. The number of ether oxygens (including phenoxy) is 2. The van der Waals surface area contributed by atoms with Gasteiger partial charge in [-0.25, -0.2) is 9.59 Å². The number of carbonyl (C=O) groups is 3. The normalized spacial score (nSPS) is 34.0. The van der Waals surface area contributed by atoms with Gasteiger partial charge < -0.3 is 20.2 Å². The maximum atomic E-state index is 12.5. The summed E-state index contributed by atoms with van der Waals surface area (Å²) in [6.45, 7) is 3.64. The molecule has 3 aliphatic carbocycles. The first-order chi connectivity index (χ1) is 13.0. The molecule has 0 saturated heterocycles. The highest BCUT2D eigenvalue weighted by atomic mass is 16.6. The second-order valence-electron chi connectivity index (χ2n) is 7.48. The summed E-state index contributed by atoms with van der Waals surface area (Å²) in [6.07, 6.45) is 6.67. The summed E-state index contributed by atoms with van der Waals surface area (Å²) >= 11 is 0. The molecule has 7 nitrogen and oxygen atoms in total. The van der Waals surface area contributed by atoms with Crippen molar-refractivity contribution in [2.75, 3.05) is 0 Å². The molecule has 1 aromatic heterocycles. The van der Waals surface area contributed by atoms with Crippen LogP contribution in [0.1, 0.15) is 29.6 Å². The molecule has 0 radical (unpaired) electrons.